The molecule has 2 rings (SSSR count). The van der Waals surface area contributed by atoms with E-state index >= 15 is 0 Å². The molecule has 0 fully saturated rings. The smallest absolute Gasteiger partial charge is 0.238 e. The summed E-state index contributed by atoms with van der Waals surface area (Å²) in [5.74, 6) is 1.06. The highest BCUT2D eigenvalue weighted by molar-refractivity contribution is 9.11. The summed E-state index contributed by atoms with van der Waals surface area (Å²) in [6, 6.07) is 5.78. The lowest BCUT2D eigenvalue weighted by Crippen LogP contribution is -1.92. The molecule has 0 amide bonds. The maximum absolute atomic E-state index is 5.86. The van der Waals surface area contributed by atoms with Crippen LogP contribution in [0.15, 0.2) is 33.5 Å². The van der Waals surface area contributed by atoms with Gasteiger partial charge in [0.25, 0.3) is 0 Å². The van der Waals surface area contributed by atoms with Gasteiger partial charge in [0.1, 0.15) is 16.5 Å². The van der Waals surface area contributed by atoms with Gasteiger partial charge in [-0.2, -0.15) is 0 Å². The standard InChI is InChI=1S/C11H7Br2ClN2O/c1-6-2-3-8(7(12)4-6)17-11-9(13)10(14)15-5-16-11/h2-5H,1H3. The van der Waals surface area contributed by atoms with Gasteiger partial charge in [-0.3, -0.25) is 0 Å². The van der Waals surface area contributed by atoms with Gasteiger partial charge in [0.15, 0.2) is 5.15 Å². The lowest BCUT2D eigenvalue weighted by Gasteiger charge is -2.08. The number of aryl methyl sites for hydroxylation is 1. The van der Waals surface area contributed by atoms with Gasteiger partial charge in [-0.25, -0.2) is 9.97 Å². The molecule has 6 heteroatoms. The Kier molecular flexibility index (Phi) is 4.01. The van der Waals surface area contributed by atoms with Crippen molar-refractivity contribution in [3.8, 4) is 11.6 Å². The first-order valence-electron chi connectivity index (χ1n) is 4.68. The molecule has 0 aliphatic carbocycles. The second-order valence-electron chi connectivity index (χ2n) is 3.32. The Bertz CT molecular complexity index is 563. The maximum atomic E-state index is 5.86. The van der Waals surface area contributed by atoms with Crippen molar-refractivity contribution in [2.45, 2.75) is 6.92 Å². The van der Waals surface area contributed by atoms with E-state index in [1.54, 1.807) is 0 Å². The monoisotopic (exact) mass is 376 g/mol. The molecule has 0 atom stereocenters. The molecule has 88 valence electrons. The van der Waals surface area contributed by atoms with Crippen molar-refractivity contribution in [1.82, 2.24) is 9.97 Å². The van der Waals surface area contributed by atoms with Crippen molar-refractivity contribution in [1.29, 1.82) is 0 Å². The Labute approximate surface area is 120 Å². The van der Waals surface area contributed by atoms with Crippen LogP contribution in [0, 0.1) is 6.92 Å². The minimum absolute atomic E-state index is 0.318. The highest BCUT2D eigenvalue weighted by atomic mass is 79.9. The summed E-state index contributed by atoms with van der Waals surface area (Å²) < 4.78 is 7.04. The van der Waals surface area contributed by atoms with Crippen LogP contribution in [0.4, 0.5) is 0 Å². The van der Waals surface area contributed by atoms with Crippen molar-refractivity contribution < 1.29 is 4.74 Å². The first kappa shape index (κ1) is 12.8. The van der Waals surface area contributed by atoms with Crippen LogP contribution in [0.5, 0.6) is 11.6 Å². The summed E-state index contributed by atoms with van der Waals surface area (Å²) in [6.45, 7) is 2.01. The van der Waals surface area contributed by atoms with E-state index in [0.717, 1.165) is 10.0 Å². The molecule has 1 heterocycles. The van der Waals surface area contributed by atoms with Gasteiger partial charge < -0.3 is 4.74 Å². The van der Waals surface area contributed by atoms with Crippen LogP contribution in [0.3, 0.4) is 0 Å². The van der Waals surface area contributed by atoms with E-state index in [-0.39, 0.29) is 0 Å². The fraction of sp³-hybridized carbons (Fsp3) is 0.0909. The summed E-state index contributed by atoms with van der Waals surface area (Å²) in [6.07, 6.45) is 1.35. The van der Waals surface area contributed by atoms with Gasteiger partial charge in [-0.05, 0) is 56.5 Å². The second kappa shape index (κ2) is 5.33. The van der Waals surface area contributed by atoms with Crippen molar-refractivity contribution in [3.05, 3.63) is 44.2 Å². The summed E-state index contributed by atoms with van der Waals surface area (Å²) in [7, 11) is 0. The topological polar surface area (TPSA) is 35.0 Å². The summed E-state index contributed by atoms with van der Waals surface area (Å²) in [5.41, 5.74) is 1.14. The van der Waals surface area contributed by atoms with Crippen LogP contribution >= 0.6 is 43.5 Å². The molecule has 0 unspecified atom stereocenters. The van der Waals surface area contributed by atoms with Crippen molar-refractivity contribution in [3.63, 3.8) is 0 Å². The molecule has 0 saturated heterocycles. The fourth-order valence-corrected chi connectivity index (χ4v) is 2.18. The fourth-order valence-electron chi connectivity index (χ4n) is 1.20. The van der Waals surface area contributed by atoms with Gasteiger partial charge >= 0.3 is 0 Å². The zero-order valence-corrected chi connectivity index (χ0v) is 12.7. The third kappa shape index (κ3) is 2.97. The maximum Gasteiger partial charge on any atom is 0.238 e. The van der Waals surface area contributed by atoms with E-state index in [1.807, 2.05) is 25.1 Å². The second-order valence-corrected chi connectivity index (χ2v) is 5.32. The molecule has 1 aromatic carbocycles. The molecule has 2 aromatic rings. The van der Waals surface area contributed by atoms with Crippen molar-refractivity contribution in [2.75, 3.05) is 0 Å². The largest absolute Gasteiger partial charge is 0.437 e. The molecular formula is C11H7Br2ClN2O. The lowest BCUT2D eigenvalue weighted by atomic mass is 10.2. The zero-order valence-electron chi connectivity index (χ0n) is 8.75. The van der Waals surface area contributed by atoms with Crippen LogP contribution < -0.4 is 4.74 Å². The van der Waals surface area contributed by atoms with E-state index in [0.29, 0.717) is 21.3 Å². The van der Waals surface area contributed by atoms with Gasteiger partial charge in [0, 0.05) is 0 Å². The molecule has 0 N–H and O–H groups in total. The number of hydrogen-bond acceptors (Lipinski definition) is 3. The lowest BCUT2D eigenvalue weighted by molar-refractivity contribution is 0.455. The van der Waals surface area contributed by atoms with Crippen LogP contribution in [0.2, 0.25) is 5.15 Å². The summed E-state index contributed by atoms with van der Waals surface area (Å²) in [4.78, 5) is 7.85. The minimum Gasteiger partial charge on any atom is -0.437 e. The first-order chi connectivity index (χ1) is 8.08. The number of aromatic nitrogens is 2. The van der Waals surface area contributed by atoms with Gasteiger partial charge in [0.05, 0.1) is 4.47 Å². The van der Waals surface area contributed by atoms with E-state index in [9.17, 15) is 0 Å². The van der Waals surface area contributed by atoms with Gasteiger partial charge in [-0.1, -0.05) is 17.7 Å². The third-order valence-electron chi connectivity index (χ3n) is 2.01. The number of benzene rings is 1. The quantitative estimate of drug-likeness (QED) is 0.707. The molecule has 0 spiro atoms. The van der Waals surface area contributed by atoms with E-state index in [2.05, 4.69) is 41.8 Å². The van der Waals surface area contributed by atoms with Crippen LogP contribution in [-0.2, 0) is 0 Å². The average Bonchev–Trinajstić information content (AvgIpc) is 2.28. The van der Waals surface area contributed by atoms with Crippen molar-refractivity contribution >= 4 is 43.5 Å². The molecule has 0 radical (unpaired) electrons. The number of hydrogen-bond donors (Lipinski definition) is 0. The van der Waals surface area contributed by atoms with Gasteiger partial charge in [0.2, 0.25) is 5.88 Å². The van der Waals surface area contributed by atoms with E-state index in [4.69, 9.17) is 16.3 Å². The summed E-state index contributed by atoms with van der Waals surface area (Å²) in [5, 5.41) is 0.318. The average molecular weight is 378 g/mol. The Morgan fingerprint density at radius 2 is 2.00 bits per heavy atom. The molecule has 17 heavy (non-hydrogen) atoms. The molecule has 1 aromatic heterocycles. The number of nitrogens with zero attached hydrogens (tertiary/aromatic N) is 2. The van der Waals surface area contributed by atoms with Crippen LogP contribution in [-0.4, -0.2) is 9.97 Å². The Balaban J connectivity index is 2.35. The predicted octanol–water partition coefficient (Wildman–Crippen LogP) is 4.76. The summed E-state index contributed by atoms with van der Waals surface area (Å²) >= 11 is 12.6. The predicted molar refractivity (Wildman–Crippen MR) is 73.7 cm³/mol. The third-order valence-corrected chi connectivity index (χ3v) is 3.86. The first-order valence-corrected chi connectivity index (χ1v) is 6.64. The molecule has 0 aliphatic rings. The molecule has 0 aliphatic heterocycles. The molecule has 0 bridgehead atoms. The SMILES string of the molecule is Cc1ccc(Oc2ncnc(Cl)c2Br)c(Br)c1. The van der Waals surface area contributed by atoms with E-state index in [1.165, 1.54) is 6.33 Å². The number of halogens is 3. The van der Waals surface area contributed by atoms with Gasteiger partial charge in [-0.15, -0.1) is 0 Å². The van der Waals surface area contributed by atoms with Crippen LogP contribution in [0.25, 0.3) is 0 Å². The Morgan fingerprint density at radius 1 is 1.24 bits per heavy atom. The molecule has 0 saturated carbocycles. The normalized spacial score (nSPS) is 10.4. The Morgan fingerprint density at radius 3 is 2.71 bits per heavy atom. The minimum atomic E-state index is 0.318. The zero-order chi connectivity index (χ0) is 12.4. The highest BCUT2D eigenvalue weighted by Crippen LogP contribution is 2.34. The molecular weight excluding hydrogens is 371 g/mol. The Hall–Kier alpha value is -0.650. The highest BCUT2D eigenvalue weighted by Gasteiger charge is 2.10. The number of ether oxygens (including phenoxy) is 1. The van der Waals surface area contributed by atoms with E-state index < -0.39 is 0 Å². The number of rotatable bonds is 2. The van der Waals surface area contributed by atoms with Crippen LogP contribution in [0.1, 0.15) is 5.56 Å². The van der Waals surface area contributed by atoms with Crippen molar-refractivity contribution in [2.24, 2.45) is 0 Å². The molecule has 3 nitrogen and oxygen atoms in total.